The van der Waals surface area contributed by atoms with Crippen LogP contribution in [0.3, 0.4) is 0 Å². The minimum absolute atomic E-state index is 0.142. The van der Waals surface area contributed by atoms with Crippen LogP contribution in [0.5, 0.6) is 0 Å². The van der Waals surface area contributed by atoms with Gasteiger partial charge in [-0.25, -0.2) is 4.39 Å². The fourth-order valence-corrected chi connectivity index (χ4v) is 1.83. The summed E-state index contributed by atoms with van der Waals surface area (Å²) in [6, 6.07) is 9.88. The van der Waals surface area contributed by atoms with Crippen LogP contribution in [-0.2, 0) is 0 Å². The lowest BCUT2D eigenvalue weighted by Gasteiger charge is -2.06. The maximum atomic E-state index is 13.2. The maximum absolute atomic E-state index is 13.2. The van der Waals surface area contributed by atoms with Gasteiger partial charge in [-0.2, -0.15) is 5.26 Å². The molecule has 0 bridgehead atoms. The molecule has 1 N–H and O–H groups in total. The molecular weight excluding hydrogens is 302 g/mol. The molecule has 0 unspecified atom stereocenters. The molecule has 0 saturated carbocycles. The predicted octanol–water partition coefficient (Wildman–Crippen LogP) is 4.26. The predicted molar refractivity (Wildman–Crippen MR) is 75.5 cm³/mol. The molecular formula is C14H7Cl2FN2O. The smallest absolute Gasteiger partial charge is 0.255 e. The molecule has 0 aliphatic heterocycles. The van der Waals surface area contributed by atoms with Gasteiger partial charge in [0.2, 0.25) is 0 Å². The van der Waals surface area contributed by atoms with Gasteiger partial charge in [0.15, 0.2) is 0 Å². The van der Waals surface area contributed by atoms with Gasteiger partial charge in [-0.05, 0) is 36.4 Å². The average molecular weight is 309 g/mol. The highest BCUT2D eigenvalue weighted by Gasteiger charge is 2.10. The van der Waals surface area contributed by atoms with Crippen molar-refractivity contribution in [3.8, 4) is 6.07 Å². The average Bonchev–Trinajstić information content (AvgIpc) is 2.43. The van der Waals surface area contributed by atoms with Gasteiger partial charge in [-0.15, -0.1) is 0 Å². The number of amides is 1. The largest absolute Gasteiger partial charge is 0.322 e. The maximum Gasteiger partial charge on any atom is 0.255 e. The van der Waals surface area contributed by atoms with Crippen molar-refractivity contribution in [2.24, 2.45) is 0 Å². The monoisotopic (exact) mass is 308 g/mol. The van der Waals surface area contributed by atoms with Gasteiger partial charge in [0.1, 0.15) is 11.9 Å². The fraction of sp³-hybridized carbons (Fsp3) is 0. The van der Waals surface area contributed by atoms with Crippen LogP contribution in [-0.4, -0.2) is 5.91 Å². The molecule has 2 aromatic carbocycles. The first kappa shape index (κ1) is 14.3. The number of nitrogens with one attached hydrogen (secondary N) is 1. The van der Waals surface area contributed by atoms with Crippen molar-refractivity contribution in [2.45, 2.75) is 0 Å². The van der Waals surface area contributed by atoms with E-state index in [1.807, 2.05) is 0 Å². The van der Waals surface area contributed by atoms with Gasteiger partial charge in [0.25, 0.3) is 5.91 Å². The van der Waals surface area contributed by atoms with Crippen molar-refractivity contribution >= 4 is 34.8 Å². The number of nitriles is 1. The van der Waals surface area contributed by atoms with Crippen molar-refractivity contribution in [2.75, 3.05) is 5.32 Å². The van der Waals surface area contributed by atoms with Gasteiger partial charge >= 0.3 is 0 Å². The third kappa shape index (κ3) is 3.08. The Kier molecular flexibility index (Phi) is 4.23. The third-order valence-corrected chi connectivity index (χ3v) is 3.27. The first-order chi connectivity index (χ1) is 9.51. The number of hydrogen-bond acceptors (Lipinski definition) is 2. The molecule has 0 atom stereocenters. The number of carbonyl (C=O) groups is 1. The zero-order valence-corrected chi connectivity index (χ0v) is 11.5. The number of halogens is 3. The van der Waals surface area contributed by atoms with Gasteiger partial charge < -0.3 is 5.32 Å². The highest BCUT2D eigenvalue weighted by Crippen LogP contribution is 2.23. The lowest BCUT2D eigenvalue weighted by Crippen LogP contribution is -2.12. The van der Waals surface area contributed by atoms with E-state index in [1.165, 1.54) is 30.3 Å². The molecule has 0 spiro atoms. The second-order valence-electron chi connectivity index (χ2n) is 3.89. The quantitative estimate of drug-likeness (QED) is 0.901. The molecule has 2 aromatic rings. The summed E-state index contributed by atoms with van der Waals surface area (Å²) in [7, 11) is 0. The molecule has 6 heteroatoms. The third-order valence-electron chi connectivity index (χ3n) is 2.53. The number of rotatable bonds is 2. The molecule has 2 rings (SSSR count). The van der Waals surface area contributed by atoms with Crippen molar-refractivity contribution in [3.05, 3.63) is 63.4 Å². The van der Waals surface area contributed by atoms with E-state index >= 15 is 0 Å². The normalized spacial score (nSPS) is 9.90. The molecule has 0 saturated heterocycles. The number of benzene rings is 2. The molecule has 0 aliphatic rings. The van der Waals surface area contributed by atoms with E-state index < -0.39 is 11.7 Å². The van der Waals surface area contributed by atoms with Crippen LogP contribution in [0.4, 0.5) is 10.1 Å². The topological polar surface area (TPSA) is 52.9 Å². The second kappa shape index (κ2) is 5.91. The second-order valence-corrected chi connectivity index (χ2v) is 4.70. The summed E-state index contributed by atoms with van der Waals surface area (Å²) < 4.78 is 13.2. The zero-order chi connectivity index (χ0) is 14.7. The van der Waals surface area contributed by atoms with E-state index in [0.717, 1.165) is 6.07 Å². The SMILES string of the molecule is N#Cc1cc(NC(=O)c2ccc(Cl)c(Cl)c2)ccc1F. The van der Waals surface area contributed by atoms with E-state index in [-0.39, 0.29) is 10.6 Å². The molecule has 1 amide bonds. The Morgan fingerprint density at radius 3 is 2.55 bits per heavy atom. The summed E-state index contributed by atoms with van der Waals surface area (Å²) in [4.78, 5) is 12.0. The standard InChI is InChI=1S/C14H7Cl2FN2O/c15-11-3-1-8(6-12(11)16)14(20)19-10-2-4-13(17)9(5-10)7-18/h1-6H,(H,19,20). The van der Waals surface area contributed by atoms with Gasteiger partial charge in [-0.1, -0.05) is 23.2 Å². The van der Waals surface area contributed by atoms with E-state index in [4.69, 9.17) is 28.5 Å². The Labute approximate surface area is 124 Å². The molecule has 20 heavy (non-hydrogen) atoms. The summed E-state index contributed by atoms with van der Waals surface area (Å²) >= 11 is 11.6. The van der Waals surface area contributed by atoms with Crippen molar-refractivity contribution in [3.63, 3.8) is 0 Å². The molecule has 0 aromatic heterocycles. The summed E-state index contributed by atoms with van der Waals surface area (Å²) in [6.07, 6.45) is 0. The van der Waals surface area contributed by atoms with Gasteiger partial charge in [0.05, 0.1) is 15.6 Å². The molecule has 100 valence electrons. The minimum Gasteiger partial charge on any atom is -0.322 e. The highest BCUT2D eigenvalue weighted by molar-refractivity contribution is 6.42. The van der Waals surface area contributed by atoms with E-state index in [0.29, 0.717) is 16.3 Å². The number of carbonyl (C=O) groups excluding carboxylic acids is 1. The van der Waals surface area contributed by atoms with Crippen LogP contribution in [0.15, 0.2) is 36.4 Å². The summed E-state index contributed by atoms with van der Waals surface area (Å²) in [5.74, 6) is -1.07. The first-order valence-corrected chi connectivity index (χ1v) is 6.23. The van der Waals surface area contributed by atoms with Crippen LogP contribution in [0.1, 0.15) is 15.9 Å². The van der Waals surface area contributed by atoms with E-state index in [1.54, 1.807) is 6.07 Å². The first-order valence-electron chi connectivity index (χ1n) is 5.47. The van der Waals surface area contributed by atoms with Crippen LogP contribution in [0.25, 0.3) is 0 Å². The lowest BCUT2D eigenvalue weighted by molar-refractivity contribution is 0.102. The summed E-state index contributed by atoms with van der Waals surface area (Å²) in [6.45, 7) is 0. The van der Waals surface area contributed by atoms with Gasteiger partial charge in [0, 0.05) is 11.3 Å². The van der Waals surface area contributed by atoms with Crippen LogP contribution in [0, 0.1) is 17.1 Å². The van der Waals surface area contributed by atoms with Crippen molar-refractivity contribution < 1.29 is 9.18 Å². The molecule has 0 fully saturated rings. The Bertz CT molecular complexity index is 726. The van der Waals surface area contributed by atoms with Crippen LogP contribution >= 0.6 is 23.2 Å². The molecule has 0 heterocycles. The highest BCUT2D eigenvalue weighted by atomic mass is 35.5. The Balaban J connectivity index is 2.23. The van der Waals surface area contributed by atoms with Crippen molar-refractivity contribution in [1.82, 2.24) is 0 Å². The van der Waals surface area contributed by atoms with Crippen LogP contribution in [0.2, 0.25) is 10.0 Å². The lowest BCUT2D eigenvalue weighted by atomic mass is 10.1. The molecule has 0 aliphatic carbocycles. The Morgan fingerprint density at radius 1 is 1.15 bits per heavy atom. The van der Waals surface area contributed by atoms with E-state index in [9.17, 15) is 9.18 Å². The fourth-order valence-electron chi connectivity index (χ4n) is 1.53. The van der Waals surface area contributed by atoms with Gasteiger partial charge in [-0.3, -0.25) is 4.79 Å². The molecule has 3 nitrogen and oxygen atoms in total. The number of hydrogen-bond donors (Lipinski definition) is 1. The van der Waals surface area contributed by atoms with Crippen molar-refractivity contribution in [1.29, 1.82) is 5.26 Å². The number of nitrogens with zero attached hydrogens (tertiary/aromatic N) is 1. The number of anilines is 1. The van der Waals surface area contributed by atoms with E-state index in [2.05, 4.69) is 5.32 Å². The Morgan fingerprint density at radius 2 is 1.90 bits per heavy atom. The van der Waals surface area contributed by atoms with Crippen LogP contribution < -0.4 is 5.32 Å². The molecule has 0 radical (unpaired) electrons. The summed E-state index contributed by atoms with van der Waals surface area (Å²) in [5.41, 5.74) is 0.484. The Hall–Kier alpha value is -2.09. The summed E-state index contributed by atoms with van der Waals surface area (Å²) in [5, 5.41) is 11.9. The minimum atomic E-state index is -0.639. The zero-order valence-electron chi connectivity index (χ0n) is 9.95.